The Morgan fingerprint density at radius 1 is 1.17 bits per heavy atom. The van der Waals surface area contributed by atoms with Crippen LogP contribution < -0.4 is 10.2 Å². The molecular weight excluding hydrogens is 389 g/mol. The van der Waals surface area contributed by atoms with Crippen molar-refractivity contribution >= 4 is 40.5 Å². The molecule has 3 rings (SSSR count). The van der Waals surface area contributed by atoms with Gasteiger partial charge < -0.3 is 5.32 Å². The summed E-state index contributed by atoms with van der Waals surface area (Å²) in [4.78, 5) is 31.0. The number of hydrogen-bond donors (Lipinski definition) is 1. The van der Waals surface area contributed by atoms with Crippen molar-refractivity contribution in [3.05, 3.63) is 71.7 Å². The minimum absolute atomic E-state index is 0.126. The third-order valence-electron chi connectivity index (χ3n) is 4.06. The fourth-order valence-electron chi connectivity index (χ4n) is 2.62. The van der Waals surface area contributed by atoms with Crippen molar-refractivity contribution in [2.24, 2.45) is 10.9 Å². The summed E-state index contributed by atoms with van der Waals surface area (Å²) in [6, 6.07) is 15.0. The lowest BCUT2D eigenvalue weighted by Crippen LogP contribution is -2.33. The third-order valence-corrected chi connectivity index (χ3v) is 5.00. The van der Waals surface area contributed by atoms with Gasteiger partial charge in [0.25, 0.3) is 5.91 Å². The van der Waals surface area contributed by atoms with E-state index in [-0.39, 0.29) is 29.1 Å². The molecule has 0 saturated carbocycles. The average molecular weight is 412 g/mol. The van der Waals surface area contributed by atoms with Gasteiger partial charge in [-0.05, 0) is 41.8 Å². The van der Waals surface area contributed by atoms with Gasteiger partial charge in [0.15, 0.2) is 5.17 Å². The van der Waals surface area contributed by atoms with Gasteiger partial charge in [-0.15, -0.1) is 0 Å². The lowest BCUT2D eigenvalue weighted by molar-refractivity contribution is -0.118. The van der Waals surface area contributed by atoms with Gasteiger partial charge >= 0.3 is 0 Å². The highest BCUT2D eigenvalue weighted by Gasteiger charge is 2.32. The number of hydrogen-bond acceptors (Lipinski definition) is 4. The number of carbonyl (C=O) groups is 2. The molecule has 0 saturated heterocycles. The zero-order chi connectivity index (χ0) is 20.8. The molecule has 0 aliphatic carbocycles. The molecule has 1 aliphatic rings. The van der Waals surface area contributed by atoms with Crippen molar-refractivity contribution in [2.45, 2.75) is 13.8 Å². The molecule has 1 N–H and O–H groups in total. The van der Waals surface area contributed by atoms with Gasteiger partial charge in [0.1, 0.15) is 11.5 Å². The number of aliphatic imine (C=N–C) groups is 1. The lowest BCUT2D eigenvalue weighted by Gasteiger charge is -2.17. The molecule has 2 aromatic carbocycles. The summed E-state index contributed by atoms with van der Waals surface area (Å²) in [7, 11) is 0. The van der Waals surface area contributed by atoms with Crippen LogP contribution in [0.3, 0.4) is 0 Å². The van der Waals surface area contributed by atoms with Crippen LogP contribution in [-0.4, -0.2) is 29.3 Å². The van der Waals surface area contributed by atoms with Gasteiger partial charge in [-0.3, -0.25) is 14.5 Å². The van der Waals surface area contributed by atoms with Gasteiger partial charge in [0.05, 0.1) is 11.4 Å². The molecule has 1 aliphatic heterocycles. The zero-order valence-corrected chi connectivity index (χ0v) is 17.1. The highest BCUT2D eigenvalue weighted by molar-refractivity contribution is 8.14. The van der Waals surface area contributed by atoms with E-state index in [2.05, 4.69) is 10.3 Å². The first-order chi connectivity index (χ1) is 13.9. The smallest absolute Gasteiger partial charge is 0.283 e. The Hall–Kier alpha value is -2.93. The largest absolute Gasteiger partial charge is 0.355 e. The number of nitrogens with one attached hydrogen (secondary N) is 1. The molecule has 7 heteroatoms. The summed E-state index contributed by atoms with van der Waals surface area (Å²) in [6.45, 7) is 4.62. The summed E-state index contributed by atoms with van der Waals surface area (Å²) < 4.78 is 13.3. The summed E-state index contributed by atoms with van der Waals surface area (Å²) in [5.41, 5.74) is 1.62. The number of anilines is 1. The Kier molecular flexibility index (Phi) is 6.82. The number of halogens is 1. The maximum Gasteiger partial charge on any atom is 0.283 e. The standard InChI is InChI=1S/C22H22FN3O2S/c1-15(2)13-24-20(27)14-29-22-25-19(12-16-6-4-3-5-7-16)21(28)26(22)18-10-8-17(23)9-11-18/h3-12,15H,13-14H2,1-2H3,(H,24,27)/b19-12-. The van der Waals surface area contributed by atoms with E-state index < -0.39 is 0 Å². The summed E-state index contributed by atoms with van der Waals surface area (Å²) >= 11 is 1.18. The quantitative estimate of drug-likeness (QED) is 0.729. The van der Waals surface area contributed by atoms with Gasteiger partial charge in [-0.1, -0.05) is 55.9 Å². The number of carbonyl (C=O) groups excluding carboxylic acids is 2. The van der Waals surface area contributed by atoms with Crippen molar-refractivity contribution in [2.75, 3.05) is 17.2 Å². The molecule has 1 heterocycles. The highest BCUT2D eigenvalue weighted by Crippen LogP contribution is 2.29. The Bertz CT molecular complexity index is 940. The number of nitrogens with zero attached hydrogens (tertiary/aromatic N) is 2. The predicted octanol–water partition coefficient (Wildman–Crippen LogP) is 4.07. The fraction of sp³-hybridized carbons (Fsp3) is 0.227. The van der Waals surface area contributed by atoms with Gasteiger partial charge in [0.2, 0.25) is 5.91 Å². The van der Waals surface area contributed by atoms with Crippen LogP contribution in [0.2, 0.25) is 0 Å². The molecule has 2 aromatic rings. The Labute approximate surface area is 173 Å². The average Bonchev–Trinajstić information content (AvgIpc) is 3.01. The van der Waals surface area contributed by atoms with Crippen LogP contribution in [0, 0.1) is 11.7 Å². The van der Waals surface area contributed by atoms with E-state index >= 15 is 0 Å². The first kappa shape index (κ1) is 20.8. The Balaban J connectivity index is 1.84. The second-order valence-corrected chi connectivity index (χ2v) is 7.88. The summed E-state index contributed by atoms with van der Waals surface area (Å²) in [6.07, 6.45) is 1.70. The molecule has 0 atom stereocenters. The topological polar surface area (TPSA) is 61.8 Å². The van der Waals surface area contributed by atoms with E-state index in [1.54, 1.807) is 6.08 Å². The van der Waals surface area contributed by atoms with Crippen molar-refractivity contribution in [1.82, 2.24) is 5.32 Å². The molecule has 2 amide bonds. The van der Waals surface area contributed by atoms with E-state index in [1.807, 2.05) is 44.2 Å². The summed E-state index contributed by atoms with van der Waals surface area (Å²) in [5, 5.41) is 3.24. The molecule has 0 bridgehead atoms. The monoisotopic (exact) mass is 411 g/mol. The van der Waals surface area contributed by atoms with Crippen molar-refractivity contribution < 1.29 is 14.0 Å². The van der Waals surface area contributed by atoms with Crippen LogP contribution in [0.25, 0.3) is 6.08 Å². The van der Waals surface area contributed by atoms with Crippen LogP contribution in [0.15, 0.2) is 65.3 Å². The Morgan fingerprint density at radius 3 is 2.52 bits per heavy atom. The van der Waals surface area contributed by atoms with Crippen molar-refractivity contribution in [3.63, 3.8) is 0 Å². The van der Waals surface area contributed by atoms with Crippen molar-refractivity contribution in [3.8, 4) is 0 Å². The second-order valence-electron chi connectivity index (χ2n) is 6.94. The number of benzene rings is 2. The zero-order valence-electron chi connectivity index (χ0n) is 16.3. The molecular formula is C22H22FN3O2S. The number of rotatable bonds is 6. The van der Waals surface area contributed by atoms with E-state index in [4.69, 9.17) is 0 Å². The first-order valence-electron chi connectivity index (χ1n) is 9.29. The van der Waals surface area contributed by atoms with Crippen LogP contribution in [0.5, 0.6) is 0 Å². The number of thioether (sulfide) groups is 1. The minimum Gasteiger partial charge on any atom is -0.355 e. The SMILES string of the molecule is CC(C)CNC(=O)CSC1=N/C(=C\c2ccccc2)C(=O)N1c1ccc(F)cc1. The molecule has 5 nitrogen and oxygen atoms in total. The maximum atomic E-state index is 13.3. The fourth-order valence-corrected chi connectivity index (χ4v) is 3.46. The van der Waals surface area contributed by atoms with E-state index in [0.29, 0.717) is 23.3 Å². The maximum absolute atomic E-state index is 13.3. The van der Waals surface area contributed by atoms with Crippen LogP contribution >= 0.6 is 11.8 Å². The molecule has 0 spiro atoms. The predicted molar refractivity (Wildman–Crippen MR) is 116 cm³/mol. The highest BCUT2D eigenvalue weighted by atomic mass is 32.2. The molecule has 29 heavy (non-hydrogen) atoms. The normalized spacial score (nSPS) is 15.2. The molecule has 0 radical (unpaired) electrons. The van der Waals surface area contributed by atoms with E-state index in [9.17, 15) is 14.0 Å². The third kappa shape index (κ3) is 5.54. The lowest BCUT2D eigenvalue weighted by atomic mass is 10.2. The second kappa shape index (κ2) is 9.52. The molecule has 0 unspecified atom stereocenters. The van der Waals surface area contributed by atoms with Crippen LogP contribution in [0.1, 0.15) is 19.4 Å². The van der Waals surface area contributed by atoms with Crippen LogP contribution in [0.4, 0.5) is 10.1 Å². The van der Waals surface area contributed by atoms with Crippen molar-refractivity contribution in [1.29, 1.82) is 0 Å². The van der Waals surface area contributed by atoms with E-state index in [1.165, 1.54) is 40.9 Å². The van der Waals surface area contributed by atoms with Crippen LogP contribution in [-0.2, 0) is 9.59 Å². The van der Waals surface area contributed by atoms with Gasteiger partial charge in [0, 0.05) is 6.54 Å². The summed E-state index contributed by atoms with van der Waals surface area (Å²) in [5.74, 6) is -0.344. The molecule has 0 fully saturated rings. The molecule has 0 aromatic heterocycles. The van der Waals surface area contributed by atoms with E-state index in [0.717, 1.165) is 5.56 Å². The van der Waals surface area contributed by atoms with Gasteiger partial charge in [-0.25, -0.2) is 9.38 Å². The first-order valence-corrected chi connectivity index (χ1v) is 10.3. The minimum atomic E-state index is -0.389. The molecule has 150 valence electrons. The van der Waals surface area contributed by atoms with Gasteiger partial charge in [-0.2, -0.15) is 0 Å². The number of amides is 2. The Morgan fingerprint density at radius 2 is 1.86 bits per heavy atom. The number of amidine groups is 1.